The summed E-state index contributed by atoms with van der Waals surface area (Å²) in [6.07, 6.45) is 10.5. The van der Waals surface area contributed by atoms with Crippen LogP contribution in [0.5, 0.6) is 17.2 Å². The summed E-state index contributed by atoms with van der Waals surface area (Å²) < 4.78 is 17.6. The molecule has 1 aromatic heterocycles. The molecule has 1 spiro atoms. The second-order valence-corrected chi connectivity index (χ2v) is 12.1. The van der Waals surface area contributed by atoms with Gasteiger partial charge in [-0.2, -0.15) is 0 Å². The highest BCUT2D eigenvalue weighted by Crippen LogP contribution is 2.65. The van der Waals surface area contributed by atoms with Gasteiger partial charge in [0.25, 0.3) is 0 Å². The second kappa shape index (κ2) is 10.3. The second-order valence-electron chi connectivity index (χ2n) is 12.1. The van der Waals surface area contributed by atoms with E-state index in [1.165, 1.54) is 18.6 Å². The van der Waals surface area contributed by atoms with E-state index in [-0.39, 0.29) is 35.3 Å². The summed E-state index contributed by atoms with van der Waals surface area (Å²) in [4.78, 5) is 29.9. The number of esters is 1. The molecule has 42 heavy (non-hydrogen) atoms. The molecule has 0 unspecified atom stereocenters. The van der Waals surface area contributed by atoms with E-state index in [1.54, 1.807) is 29.6 Å². The third-order valence-corrected chi connectivity index (χ3v) is 10.1. The minimum Gasteiger partial charge on any atom is -0.504 e. The molecule has 1 saturated heterocycles. The Morgan fingerprint density at radius 2 is 2.05 bits per heavy atom. The van der Waals surface area contributed by atoms with Gasteiger partial charge in [-0.25, -0.2) is 0 Å². The van der Waals surface area contributed by atoms with Crippen LogP contribution in [0, 0.1) is 5.92 Å². The lowest BCUT2D eigenvalue weighted by atomic mass is 9.50. The molecule has 3 heterocycles. The molecule has 2 aromatic carbocycles. The van der Waals surface area contributed by atoms with Gasteiger partial charge in [-0.1, -0.05) is 30.3 Å². The third kappa shape index (κ3) is 4.23. The quantitative estimate of drug-likeness (QED) is 0.250. The molecular weight excluding hydrogens is 532 g/mol. The Kier molecular flexibility index (Phi) is 6.61. The summed E-state index contributed by atoms with van der Waals surface area (Å²) in [7, 11) is 1.84. The zero-order valence-electron chi connectivity index (χ0n) is 24.0. The van der Waals surface area contributed by atoms with E-state index in [0.29, 0.717) is 17.4 Å². The number of likely N-dealkylation sites (tertiary alicyclic amines) is 1. The van der Waals surface area contributed by atoms with E-state index in [1.807, 2.05) is 19.2 Å². The molecule has 2 aliphatic carbocycles. The van der Waals surface area contributed by atoms with Crippen LogP contribution in [0.15, 0.2) is 65.5 Å². The number of carbonyl (C=O) groups is 2. The molecule has 3 aromatic rings. The number of piperidine rings is 1. The van der Waals surface area contributed by atoms with Crippen LogP contribution in [0.2, 0.25) is 0 Å². The first-order valence-corrected chi connectivity index (χ1v) is 14.9. The van der Waals surface area contributed by atoms with Gasteiger partial charge in [0.1, 0.15) is 11.9 Å². The number of phenolic OH excluding ortho intramolecular Hbond substituents is 1. The van der Waals surface area contributed by atoms with Gasteiger partial charge in [0.05, 0.1) is 18.6 Å². The molecular formula is C34H36N2O6. The number of carbonyl (C=O) groups excluding carboxylic acids is 2. The first-order valence-electron chi connectivity index (χ1n) is 14.9. The van der Waals surface area contributed by atoms with E-state index in [9.17, 15) is 14.7 Å². The molecule has 7 rings (SSSR count). The van der Waals surface area contributed by atoms with E-state index < -0.39 is 5.97 Å². The van der Waals surface area contributed by atoms with Crippen LogP contribution < -0.4 is 9.47 Å². The molecule has 1 amide bonds. The van der Waals surface area contributed by atoms with E-state index >= 15 is 0 Å². The number of furan rings is 1. The number of nitrogens with zero attached hydrogens (tertiary/aromatic N) is 2. The Bertz CT molecular complexity index is 1530. The van der Waals surface area contributed by atoms with Crippen LogP contribution in [-0.2, 0) is 27.8 Å². The van der Waals surface area contributed by atoms with Crippen molar-refractivity contribution in [1.82, 2.24) is 9.80 Å². The maximum Gasteiger partial charge on any atom is 0.308 e. The Morgan fingerprint density at radius 1 is 1.21 bits per heavy atom. The van der Waals surface area contributed by atoms with Gasteiger partial charge in [0, 0.05) is 60.8 Å². The number of hydrogen-bond donors (Lipinski definition) is 1. The van der Waals surface area contributed by atoms with Crippen molar-refractivity contribution < 1.29 is 28.6 Å². The van der Waals surface area contributed by atoms with Gasteiger partial charge >= 0.3 is 5.97 Å². The molecule has 1 N–H and O–H groups in total. The van der Waals surface area contributed by atoms with Gasteiger partial charge in [0.15, 0.2) is 11.5 Å². The third-order valence-electron chi connectivity index (χ3n) is 10.1. The predicted molar refractivity (Wildman–Crippen MR) is 156 cm³/mol. The Hall–Kier alpha value is -4.04. The standard InChI is InChI=1S/C34H36N2O6/c1-21(37)41-29-19-28(38)32-31-24(29)18-27-25-9-10-26(35(2)30(39)11-8-23-13-17-40-20-23)33(42-32)34(25,31)14-16-36(27)15-12-22-6-4-3-5-7-22/h3-8,11,13,17,19-20,25-27,33,38H,9-10,12,14-16,18H2,1-2H3/b11-8+/t25-,26-,27+,33-,34-/m0/s1. The number of amides is 1. The first-order chi connectivity index (χ1) is 20.4. The summed E-state index contributed by atoms with van der Waals surface area (Å²) in [5.74, 6) is 0.689. The molecule has 5 atom stereocenters. The maximum atomic E-state index is 13.4. The maximum absolute atomic E-state index is 13.4. The fraction of sp³-hybridized carbons (Fsp3) is 0.412. The van der Waals surface area contributed by atoms with Gasteiger partial charge in [-0.15, -0.1) is 0 Å². The number of benzene rings is 2. The fourth-order valence-electron chi connectivity index (χ4n) is 8.31. The minimum absolute atomic E-state index is 0.00920. The first kappa shape index (κ1) is 26.8. The molecule has 2 fully saturated rings. The number of ether oxygens (including phenoxy) is 2. The van der Waals surface area contributed by atoms with Crippen LogP contribution in [0.25, 0.3) is 6.08 Å². The molecule has 1 saturated carbocycles. The number of likely N-dealkylation sites (N-methyl/N-ethyl adjacent to an activating group) is 1. The SMILES string of the molecule is CC(=O)Oc1cc(O)c2c3c1C[C@@H]1[C@@H]4CC[C@H](N(C)C(=O)/C=C/c5ccoc5)[C@H](O2)[C@]34CCN1CCc1ccccc1. The Balaban J connectivity index is 1.25. The van der Waals surface area contributed by atoms with Crippen molar-refractivity contribution in [2.45, 2.75) is 62.6 Å². The zero-order chi connectivity index (χ0) is 29.0. The molecule has 218 valence electrons. The van der Waals surface area contributed by atoms with Crippen molar-refractivity contribution in [2.24, 2.45) is 5.92 Å². The normalized spacial score (nSPS) is 27.4. The average molecular weight is 569 g/mol. The predicted octanol–water partition coefficient (Wildman–Crippen LogP) is 4.73. The molecule has 2 bridgehead atoms. The van der Waals surface area contributed by atoms with Gasteiger partial charge in [-0.05, 0) is 62.3 Å². The summed E-state index contributed by atoms with van der Waals surface area (Å²) >= 11 is 0. The highest BCUT2D eigenvalue weighted by Gasteiger charge is 2.67. The van der Waals surface area contributed by atoms with Gasteiger partial charge in [-0.3, -0.25) is 14.5 Å². The van der Waals surface area contributed by atoms with Crippen LogP contribution in [0.3, 0.4) is 0 Å². The van der Waals surface area contributed by atoms with Crippen LogP contribution in [0.4, 0.5) is 0 Å². The lowest BCUT2D eigenvalue weighted by Gasteiger charge is -2.60. The summed E-state index contributed by atoms with van der Waals surface area (Å²) in [5.41, 5.74) is 3.72. The number of aromatic hydroxyl groups is 1. The number of hydrogen-bond acceptors (Lipinski definition) is 7. The van der Waals surface area contributed by atoms with Crippen LogP contribution in [-0.4, -0.2) is 65.1 Å². The Morgan fingerprint density at radius 3 is 2.81 bits per heavy atom. The minimum atomic E-state index is -0.414. The lowest BCUT2D eigenvalue weighted by Crippen LogP contribution is -2.69. The number of rotatable bonds is 7. The van der Waals surface area contributed by atoms with Crippen molar-refractivity contribution in [3.63, 3.8) is 0 Å². The smallest absolute Gasteiger partial charge is 0.308 e. The fourth-order valence-corrected chi connectivity index (χ4v) is 8.31. The van der Waals surface area contributed by atoms with E-state index in [0.717, 1.165) is 61.9 Å². The topological polar surface area (TPSA) is 92.5 Å². The van der Waals surface area contributed by atoms with Crippen molar-refractivity contribution in [1.29, 1.82) is 0 Å². The average Bonchev–Trinajstić information content (AvgIpc) is 3.63. The van der Waals surface area contributed by atoms with Gasteiger partial charge < -0.3 is 23.9 Å². The summed E-state index contributed by atoms with van der Waals surface area (Å²) in [6.45, 7) is 3.23. The van der Waals surface area contributed by atoms with Crippen molar-refractivity contribution in [3.05, 3.63) is 83.3 Å². The van der Waals surface area contributed by atoms with E-state index in [4.69, 9.17) is 13.9 Å². The van der Waals surface area contributed by atoms with Gasteiger partial charge in [0.2, 0.25) is 5.91 Å². The molecule has 0 radical (unpaired) electrons. The van der Waals surface area contributed by atoms with Crippen LogP contribution >= 0.6 is 0 Å². The molecule has 4 aliphatic rings. The van der Waals surface area contributed by atoms with Crippen molar-refractivity contribution >= 4 is 18.0 Å². The van der Waals surface area contributed by atoms with E-state index in [2.05, 4.69) is 29.2 Å². The van der Waals surface area contributed by atoms with Crippen LogP contribution in [0.1, 0.15) is 48.4 Å². The molecule has 8 heteroatoms. The summed E-state index contributed by atoms with van der Waals surface area (Å²) in [6, 6.07) is 14.0. The van der Waals surface area contributed by atoms with Crippen molar-refractivity contribution in [3.8, 4) is 17.2 Å². The van der Waals surface area contributed by atoms with Crippen molar-refractivity contribution in [2.75, 3.05) is 20.1 Å². The molecule has 8 nitrogen and oxygen atoms in total. The monoisotopic (exact) mass is 568 g/mol. The summed E-state index contributed by atoms with van der Waals surface area (Å²) in [5, 5.41) is 11.2. The highest BCUT2D eigenvalue weighted by atomic mass is 16.5. The lowest BCUT2D eigenvalue weighted by molar-refractivity contribution is -0.135. The zero-order valence-corrected chi connectivity index (χ0v) is 24.0. The molecule has 2 aliphatic heterocycles. The Labute approximate surface area is 245 Å². The highest BCUT2D eigenvalue weighted by molar-refractivity contribution is 5.92. The largest absolute Gasteiger partial charge is 0.504 e. The number of phenols is 1.